The van der Waals surface area contributed by atoms with Crippen molar-refractivity contribution >= 4 is 12.2 Å². The number of hydrogen-bond acceptors (Lipinski definition) is 3. The van der Waals surface area contributed by atoms with Crippen molar-refractivity contribution in [3.8, 4) is 0 Å². The van der Waals surface area contributed by atoms with Gasteiger partial charge >= 0.3 is 0 Å². The van der Waals surface area contributed by atoms with Crippen molar-refractivity contribution < 1.29 is 9.59 Å². The molecule has 2 saturated heterocycles. The number of likely N-dealkylation sites (tertiary alicyclic amines) is 2. The second-order valence-electron chi connectivity index (χ2n) is 6.16. The Labute approximate surface area is 114 Å². The summed E-state index contributed by atoms with van der Waals surface area (Å²) in [5.74, 6) is 1.53. The second-order valence-corrected chi connectivity index (χ2v) is 6.16. The van der Waals surface area contributed by atoms with E-state index in [1.807, 2.05) is 11.0 Å². The molecule has 0 unspecified atom stereocenters. The summed E-state index contributed by atoms with van der Waals surface area (Å²) >= 11 is 0. The zero-order valence-electron chi connectivity index (χ0n) is 11.5. The zero-order valence-corrected chi connectivity index (χ0v) is 11.5. The van der Waals surface area contributed by atoms with Crippen molar-refractivity contribution in [3.05, 3.63) is 11.8 Å². The molecule has 1 amide bonds. The van der Waals surface area contributed by atoms with E-state index in [0.717, 1.165) is 45.3 Å². The Bertz CT molecular complexity index is 418. The predicted molar refractivity (Wildman–Crippen MR) is 72.3 cm³/mol. The smallest absolute Gasteiger partial charge is 0.209 e. The van der Waals surface area contributed by atoms with Crippen LogP contribution >= 0.6 is 0 Å². The first kappa shape index (κ1) is 12.7. The van der Waals surface area contributed by atoms with Crippen LogP contribution in [0.15, 0.2) is 11.8 Å². The van der Waals surface area contributed by atoms with Crippen LogP contribution in [0.2, 0.25) is 0 Å². The van der Waals surface area contributed by atoms with Crippen molar-refractivity contribution in [3.63, 3.8) is 0 Å². The summed E-state index contributed by atoms with van der Waals surface area (Å²) in [7, 11) is 0. The number of allylic oxidation sites excluding steroid dienone is 2. The molecule has 4 nitrogen and oxygen atoms in total. The molecule has 0 saturated carbocycles. The summed E-state index contributed by atoms with van der Waals surface area (Å²) in [6, 6.07) is 0.334. The summed E-state index contributed by atoms with van der Waals surface area (Å²) in [6.45, 7) is 5.13. The van der Waals surface area contributed by atoms with Crippen LogP contribution in [0.4, 0.5) is 0 Å². The Kier molecular flexibility index (Phi) is 3.33. The van der Waals surface area contributed by atoms with Crippen LogP contribution in [-0.2, 0) is 9.59 Å². The van der Waals surface area contributed by atoms with Gasteiger partial charge in [-0.15, -0.1) is 0 Å². The highest BCUT2D eigenvalue weighted by atomic mass is 16.1. The molecule has 0 aromatic carbocycles. The van der Waals surface area contributed by atoms with Gasteiger partial charge in [0.15, 0.2) is 5.78 Å². The van der Waals surface area contributed by atoms with E-state index in [4.69, 9.17) is 0 Å². The van der Waals surface area contributed by atoms with Crippen molar-refractivity contribution in [2.24, 2.45) is 11.8 Å². The molecule has 2 heterocycles. The highest BCUT2D eigenvalue weighted by molar-refractivity contribution is 5.91. The molecule has 0 bridgehead atoms. The fourth-order valence-corrected chi connectivity index (χ4v) is 3.92. The molecule has 19 heavy (non-hydrogen) atoms. The highest BCUT2D eigenvalue weighted by Gasteiger charge is 2.41. The Balaban J connectivity index is 1.72. The number of hydrogen-bond donors (Lipinski definition) is 0. The molecule has 0 aromatic heterocycles. The van der Waals surface area contributed by atoms with Gasteiger partial charge in [0, 0.05) is 49.8 Å². The van der Waals surface area contributed by atoms with Crippen molar-refractivity contribution in [1.29, 1.82) is 0 Å². The van der Waals surface area contributed by atoms with Crippen molar-refractivity contribution in [2.45, 2.75) is 38.6 Å². The monoisotopic (exact) mass is 262 g/mol. The number of amides is 1. The topological polar surface area (TPSA) is 40.6 Å². The predicted octanol–water partition coefficient (Wildman–Crippen LogP) is 1.42. The van der Waals surface area contributed by atoms with Gasteiger partial charge in [0.05, 0.1) is 0 Å². The van der Waals surface area contributed by atoms with E-state index in [0.29, 0.717) is 24.3 Å². The standard InChI is InChI=1S/C15H22N2O2/c1-11-15-9-17(13-3-2-4-14(19)7-13)8-12(15)5-6-16(11)10-18/h7,10-12,15H,2-6,8-9H2,1H3/t11-,12+,15-/m0/s1. The second kappa shape index (κ2) is 4.99. The van der Waals surface area contributed by atoms with Gasteiger partial charge in [-0.2, -0.15) is 0 Å². The van der Waals surface area contributed by atoms with Crippen LogP contribution in [0, 0.1) is 11.8 Å². The molecular weight excluding hydrogens is 240 g/mol. The van der Waals surface area contributed by atoms with Gasteiger partial charge < -0.3 is 9.80 Å². The molecule has 3 atom stereocenters. The number of carbonyl (C=O) groups excluding carboxylic acids is 2. The Morgan fingerprint density at radius 1 is 1.32 bits per heavy atom. The van der Waals surface area contributed by atoms with Crippen LogP contribution < -0.4 is 0 Å². The number of ketones is 1. The fraction of sp³-hybridized carbons (Fsp3) is 0.733. The normalized spacial score (nSPS) is 35.1. The van der Waals surface area contributed by atoms with E-state index in [9.17, 15) is 9.59 Å². The Morgan fingerprint density at radius 3 is 2.89 bits per heavy atom. The maximum Gasteiger partial charge on any atom is 0.209 e. The SMILES string of the molecule is C[C@H]1[C@@H]2CN(C3=CC(=O)CCC3)C[C@H]2CCN1C=O. The van der Waals surface area contributed by atoms with E-state index < -0.39 is 0 Å². The molecule has 0 N–H and O–H groups in total. The third-order valence-corrected chi connectivity index (χ3v) is 5.12. The molecular formula is C15H22N2O2. The van der Waals surface area contributed by atoms with Crippen LogP contribution in [0.1, 0.15) is 32.6 Å². The first-order chi connectivity index (χ1) is 9.19. The first-order valence-corrected chi connectivity index (χ1v) is 7.38. The number of nitrogens with zero attached hydrogens (tertiary/aromatic N) is 2. The zero-order chi connectivity index (χ0) is 13.4. The summed E-state index contributed by atoms with van der Waals surface area (Å²) in [6.07, 6.45) is 6.68. The maximum atomic E-state index is 11.5. The Hall–Kier alpha value is -1.32. The molecule has 3 rings (SSSR count). The molecule has 3 aliphatic rings. The minimum Gasteiger partial charge on any atom is -0.374 e. The van der Waals surface area contributed by atoms with Crippen LogP contribution in [0.25, 0.3) is 0 Å². The fourth-order valence-electron chi connectivity index (χ4n) is 3.92. The van der Waals surface area contributed by atoms with Gasteiger partial charge in [0.25, 0.3) is 0 Å². The molecule has 0 aromatic rings. The highest BCUT2D eigenvalue weighted by Crippen LogP contribution is 2.37. The van der Waals surface area contributed by atoms with E-state index in [1.165, 1.54) is 5.70 Å². The van der Waals surface area contributed by atoms with Crippen molar-refractivity contribution in [1.82, 2.24) is 9.80 Å². The Morgan fingerprint density at radius 2 is 2.16 bits per heavy atom. The summed E-state index contributed by atoms with van der Waals surface area (Å²) in [5, 5.41) is 0. The average Bonchev–Trinajstić information content (AvgIpc) is 2.84. The maximum absolute atomic E-state index is 11.5. The number of piperidine rings is 1. The number of carbonyl (C=O) groups is 2. The van der Waals surface area contributed by atoms with Gasteiger partial charge in [0.1, 0.15) is 0 Å². The molecule has 4 heteroatoms. The number of fused-ring (bicyclic) bond motifs is 1. The molecule has 0 spiro atoms. The molecule has 0 radical (unpaired) electrons. The van der Waals surface area contributed by atoms with Crippen LogP contribution in [0.5, 0.6) is 0 Å². The van der Waals surface area contributed by atoms with Gasteiger partial charge in [-0.3, -0.25) is 9.59 Å². The van der Waals surface area contributed by atoms with Crippen LogP contribution in [0.3, 0.4) is 0 Å². The van der Waals surface area contributed by atoms with E-state index in [1.54, 1.807) is 0 Å². The van der Waals surface area contributed by atoms with E-state index in [2.05, 4.69) is 11.8 Å². The number of rotatable bonds is 2. The lowest BCUT2D eigenvalue weighted by Gasteiger charge is -2.38. The van der Waals surface area contributed by atoms with Crippen LogP contribution in [-0.4, -0.2) is 47.7 Å². The van der Waals surface area contributed by atoms with Gasteiger partial charge in [-0.1, -0.05) is 0 Å². The molecule has 2 aliphatic heterocycles. The third kappa shape index (κ3) is 2.28. The lowest BCUT2D eigenvalue weighted by Crippen LogP contribution is -2.46. The minimum atomic E-state index is 0.277. The molecule has 104 valence electrons. The third-order valence-electron chi connectivity index (χ3n) is 5.12. The van der Waals surface area contributed by atoms with E-state index >= 15 is 0 Å². The summed E-state index contributed by atoms with van der Waals surface area (Å²) in [4.78, 5) is 26.9. The molecule has 2 fully saturated rings. The largest absolute Gasteiger partial charge is 0.374 e. The quantitative estimate of drug-likeness (QED) is 0.707. The van der Waals surface area contributed by atoms with Gasteiger partial charge in [-0.25, -0.2) is 0 Å². The van der Waals surface area contributed by atoms with Gasteiger partial charge in [-0.05, 0) is 32.1 Å². The first-order valence-electron chi connectivity index (χ1n) is 7.38. The van der Waals surface area contributed by atoms with Gasteiger partial charge in [0.2, 0.25) is 6.41 Å². The van der Waals surface area contributed by atoms with E-state index in [-0.39, 0.29) is 5.78 Å². The summed E-state index contributed by atoms with van der Waals surface area (Å²) in [5.41, 5.74) is 1.23. The molecule has 1 aliphatic carbocycles. The van der Waals surface area contributed by atoms with Crippen molar-refractivity contribution in [2.75, 3.05) is 19.6 Å². The minimum absolute atomic E-state index is 0.277. The lowest BCUT2D eigenvalue weighted by molar-refractivity contribution is -0.123. The summed E-state index contributed by atoms with van der Waals surface area (Å²) < 4.78 is 0. The average molecular weight is 262 g/mol. The lowest BCUT2D eigenvalue weighted by atomic mass is 9.83.